The molecule has 0 amide bonds. The van der Waals surface area contributed by atoms with Crippen molar-refractivity contribution in [3.05, 3.63) is 16.1 Å². The number of carbonyl (C=O) groups excluding carboxylic acids is 1. The fourth-order valence-electron chi connectivity index (χ4n) is 1.20. The van der Waals surface area contributed by atoms with Gasteiger partial charge in [0.25, 0.3) is 0 Å². The predicted octanol–water partition coefficient (Wildman–Crippen LogP) is 1.93. The van der Waals surface area contributed by atoms with Crippen molar-refractivity contribution in [1.29, 1.82) is 0 Å². The van der Waals surface area contributed by atoms with E-state index in [0.717, 1.165) is 0 Å². The molecule has 0 aliphatic heterocycles. The Labute approximate surface area is 96.3 Å². The van der Waals surface area contributed by atoms with Gasteiger partial charge in [-0.15, -0.1) is 0 Å². The second kappa shape index (κ2) is 5.02. The van der Waals surface area contributed by atoms with E-state index in [1.54, 1.807) is 6.29 Å². The SMILES string of the molecule is COc1cc([C]=O)c(Br)c(OC)c1OC. The van der Waals surface area contributed by atoms with Crippen LogP contribution in [0.3, 0.4) is 0 Å². The van der Waals surface area contributed by atoms with Crippen LogP contribution in [0, 0.1) is 0 Å². The van der Waals surface area contributed by atoms with Crippen LogP contribution >= 0.6 is 15.9 Å². The lowest BCUT2D eigenvalue weighted by Gasteiger charge is -2.14. The Balaban J connectivity index is 3.49. The third kappa shape index (κ3) is 2.07. The van der Waals surface area contributed by atoms with Gasteiger partial charge in [0.2, 0.25) is 12.0 Å². The maximum absolute atomic E-state index is 10.7. The van der Waals surface area contributed by atoms with Crippen LogP contribution < -0.4 is 14.2 Å². The molecule has 0 saturated heterocycles. The largest absolute Gasteiger partial charge is 0.493 e. The van der Waals surface area contributed by atoms with Gasteiger partial charge in [0.15, 0.2) is 11.5 Å². The lowest BCUT2D eigenvalue weighted by atomic mass is 10.2. The first-order chi connectivity index (χ1) is 7.19. The first-order valence-corrected chi connectivity index (χ1v) is 4.85. The normalized spacial score (nSPS) is 9.60. The van der Waals surface area contributed by atoms with Crippen LogP contribution in [0.15, 0.2) is 10.5 Å². The molecule has 5 heteroatoms. The van der Waals surface area contributed by atoms with Gasteiger partial charge in [-0.05, 0) is 22.0 Å². The maximum Gasteiger partial charge on any atom is 0.234 e. The molecule has 0 atom stereocenters. The second-order valence-electron chi connectivity index (χ2n) is 2.61. The summed E-state index contributed by atoms with van der Waals surface area (Å²) in [4.78, 5) is 10.7. The highest BCUT2D eigenvalue weighted by Crippen LogP contribution is 2.44. The maximum atomic E-state index is 10.7. The van der Waals surface area contributed by atoms with Crippen molar-refractivity contribution in [3.8, 4) is 17.2 Å². The van der Waals surface area contributed by atoms with Gasteiger partial charge in [-0.1, -0.05) is 0 Å². The van der Waals surface area contributed by atoms with E-state index in [0.29, 0.717) is 27.3 Å². The van der Waals surface area contributed by atoms with Crippen LogP contribution in [-0.4, -0.2) is 27.6 Å². The Morgan fingerprint density at radius 3 is 2.13 bits per heavy atom. The van der Waals surface area contributed by atoms with Crippen molar-refractivity contribution < 1.29 is 19.0 Å². The average molecular weight is 274 g/mol. The number of benzene rings is 1. The number of rotatable bonds is 4. The number of halogens is 1. The minimum absolute atomic E-state index is 0.324. The first-order valence-electron chi connectivity index (χ1n) is 4.06. The van der Waals surface area contributed by atoms with Crippen molar-refractivity contribution in [3.63, 3.8) is 0 Å². The summed E-state index contributed by atoms with van der Waals surface area (Å²) in [6, 6.07) is 1.53. The minimum atomic E-state index is 0.324. The van der Waals surface area contributed by atoms with Crippen LogP contribution in [-0.2, 0) is 4.79 Å². The molecule has 0 N–H and O–H groups in total. The molecular formula is C10H10BrO4. The van der Waals surface area contributed by atoms with E-state index < -0.39 is 0 Å². The standard InChI is InChI=1S/C10H10BrO4/c1-13-7-4-6(5-12)8(11)10(15-3)9(7)14-2/h4H,1-3H3. The molecule has 0 bridgehead atoms. The Morgan fingerprint density at radius 1 is 1.13 bits per heavy atom. The van der Waals surface area contributed by atoms with E-state index in [1.807, 2.05) is 0 Å². The monoisotopic (exact) mass is 273 g/mol. The van der Waals surface area contributed by atoms with Gasteiger partial charge < -0.3 is 14.2 Å². The van der Waals surface area contributed by atoms with Crippen molar-refractivity contribution >= 4 is 22.2 Å². The Morgan fingerprint density at radius 2 is 1.73 bits per heavy atom. The number of hydrogen-bond acceptors (Lipinski definition) is 4. The first kappa shape index (κ1) is 11.8. The highest BCUT2D eigenvalue weighted by atomic mass is 79.9. The van der Waals surface area contributed by atoms with Gasteiger partial charge in [0.05, 0.1) is 25.8 Å². The number of ether oxygens (including phenoxy) is 3. The Bertz CT molecular complexity index is 376. The molecule has 0 spiro atoms. The van der Waals surface area contributed by atoms with Gasteiger partial charge >= 0.3 is 0 Å². The van der Waals surface area contributed by atoms with E-state index in [4.69, 9.17) is 14.2 Å². The third-order valence-corrected chi connectivity index (χ3v) is 2.67. The third-order valence-electron chi connectivity index (χ3n) is 1.88. The average Bonchev–Trinajstić information content (AvgIpc) is 2.28. The smallest absolute Gasteiger partial charge is 0.234 e. The van der Waals surface area contributed by atoms with Crippen LogP contribution in [0.1, 0.15) is 5.56 Å². The highest BCUT2D eigenvalue weighted by Gasteiger charge is 2.18. The summed E-state index contributed by atoms with van der Waals surface area (Å²) in [6.45, 7) is 0. The van der Waals surface area contributed by atoms with Crippen LogP contribution in [0.5, 0.6) is 17.2 Å². The van der Waals surface area contributed by atoms with Gasteiger partial charge in [-0.2, -0.15) is 0 Å². The molecule has 0 aliphatic carbocycles. The molecule has 0 saturated carbocycles. The zero-order valence-corrected chi connectivity index (χ0v) is 10.2. The fraction of sp³-hybridized carbons (Fsp3) is 0.300. The summed E-state index contributed by atoms with van der Waals surface area (Å²) in [7, 11) is 4.47. The molecule has 15 heavy (non-hydrogen) atoms. The van der Waals surface area contributed by atoms with Crippen LogP contribution in [0.2, 0.25) is 0 Å². The predicted molar refractivity (Wildman–Crippen MR) is 58.6 cm³/mol. The molecule has 4 nitrogen and oxygen atoms in total. The summed E-state index contributed by atoms with van der Waals surface area (Å²) in [6.07, 6.45) is 1.78. The van der Waals surface area contributed by atoms with E-state index in [1.165, 1.54) is 27.4 Å². The van der Waals surface area contributed by atoms with Crippen molar-refractivity contribution in [1.82, 2.24) is 0 Å². The highest BCUT2D eigenvalue weighted by molar-refractivity contribution is 9.10. The fourth-order valence-corrected chi connectivity index (χ4v) is 1.73. The molecule has 0 aromatic heterocycles. The molecule has 81 valence electrons. The lowest BCUT2D eigenvalue weighted by molar-refractivity contribution is 0.323. The molecule has 1 radical (unpaired) electrons. The van der Waals surface area contributed by atoms with Gasteiger partial charge in [-0.25, -0.2) is 0 Å². The van der Waals surface area contributed by atoms with E-state index in [2.05, 4.69) is 15.9 Å². The van der Waals surface area contributed by atoms with Crippen molar-refractivity contribution in [2.75, 3.05) is 21.3 Å². The Kier molecular flexibility index (Phi) is 3.96. The van der Waals surface area contributed by atoms with Crippen LogP contribution in [0.25, 0.3) is 0 Å². The zero-order chi connectivity index (χ0) is 11.4. The topological polar surface area (TPSA) is 44.8 Å². The second-order valence-corrected chi connectivity index (χ2v) is 3.40. The Hall–Kier alpha value is -1.23. The molecule has 0 heterocycles. The summed E-state index contributed by atoms with van der Waals surface area (Å²) in [5, 5.41) is 0. The summed E-state index contributed by atoms with van der Waals surface area (Å²) >= 11 is 3.23. The van der Waals surface area contributed by atoms with Crippen molar-refractivity contribution in [2.45, 2.75) is 0 Å². The van der Waals surface area contributed by atoms with Gasteiger partial charge in [-0.3, -0.25) is 4.79 Å². The zero-order valence-electron chi connectivity index (χ0n) is 8.59. The molecule has 1 aromatic rings. The lowest BCUT2D eigenvalue weighted by Crippen LogP contribution is -1.98. The molecule has 1 aromatic carbocycles. The molecule has 1 rings (SSSR count). The molecular weight excluding hydrogens is 264 g/mol. The van der Waals surface area contributed by atoms with Crippen molar-refractivity contribution in [2.24, 2.45) is 0 Å². The number of hydrogen-bond donors (Lipinski definition) is 0. The van der Waals surface area contributed by atoms with Crippen LogP contribution in [0.4, 0.5) is 0 Å². The molecule has 0 unspecified atom stereocenters. The molecule has 0 aliphatic rings. The van der Waals surface area contributed by atoms with Gasteiger partial charge in [0, 0.05) is 5.56 Å². The van der Waals surface area contributed by atoms with E-state index in [-0.39, 0.29) is 0 Å². The summed E-state index contributed by atoms with van der Waals surface area (Å²) in [5.74, 6) is 1.27. The van der Waals surface area contributed by atoms with Gasteiger partial charge in [0.1, 0.15) is 0 Å². The van der Waals surface area contributed by atoms with E-state index >= 15 is 0 Å². The summed E-state index contributed by atoms with van der Waals surface area (Å²) in [5.41, 5.74) is 0.324. The minimum Gasteiger partial charge on any atom is -0.493 e. The summed E-state index contributed by atoms with van der Waals surface area (Å²) < 4.78 is 15.8. The quantitative estimate of drug-likeness (QED) is 0.841. The molecule has 0 fully saturated rings. The number of methoxy groups -OCH3 is 3. The van der Waals surface area contributed by atoms with E-state index in [9.17, 15) is 4.79 Å².